The Balaban J connectivity index is 2.48. The average molecular weight is 328 g/mol. The summed E-state index contributed by atoms with van der Waals surface area (Å²) in [5.41, 5.74) is 2.19. The average Bonchev–Trinajstić information content (AvgIpc) is 2.55. The van der Waals surface area contributed by atoms with Gasteiger partial charge in [0, 0.05) is 24.5 Å². The SMILES string of the molecule is CCCCN(CC)c1cc(C)nc(Nc2ccccc2)c1[N+](=O)[O-]. The van der Waals surface area contributed by atoms with Gasteiger partial charge in [-0.25, -0.2) is 4.98 Å². The summed E-state index contributed by atoms with van der Waals surface area (Å²) in [6, 6.07) is 11.2. The molecule has 24 heavy (non-hydrogen) atoms. The van der Waals surface area contributed by atoms with Crippen molar-refractivity contribution in [1.29, 1.82) is 0 Å². The van der Waals surface area contributed by atoms with Gasteiger partial charge >= 0.3 is 5.69 Å². The molecule has 0 saturated heterocycles. The Kier molecular flexibility index (Phi) is 6.12. The fraction of sp³-hybridized carbons (Fsp3) is 0.389. The molecule has 2 aromatic rings. The summed E-state index contributed by atoms with van der Waals surface area (Å²) in [7, 11) is 0. The van der Waals surface area contributed by atoms with Crippen molar-refractivity contribution in [2.45, 2.75) is 33.6 Å². The van der Waals surface area contributed by atoms with E-state index in [0.29, 0.717) is 5.69 Å². The van der Waals surface area contributed by atoms with Crippen molar-refractivity contribution in [3.05, 3.63) is 52.2 Å². The Morgan fingerprint density at radius 3 is 2.54 bits per heavy atom. The number of hydrogen-bond donors (Lipinski definition) is 1. The number of anilines is 3. The molecule has 0 atom stereocenters. The van der Waals surface area contributed by atoms with E-state index in [4.69, 9.17) is 0 Å². The minimum absolute atomic E-state index is 0.0300. The van der Waals surface area contributed by atoms with Crippen molar-refractivity contribution in [2.75, 3.05) is 23.3 Å². The van der Waals surface area contributed by atoms with Gasteiger partial charge in [-0.15, -0.1) is 0 Å². The molecule has 0 aliphatic carbocycles. The summed E-state index contributed by atoms with van der Waals surface area (Å²) in [4.78, 5) is 17.8. The van der Waals surface area contributed by atoms with Gasteiger partial charge in [0.1, 0.15) is 5.69 Å². The quantitative estimate of drug-likeness (QED) is 0.563. The second-order valence-corrected chi connectivity index (χ2v) is 5.66. The number of aryl methyl sites for hydroxylation is 1. The number of nitro groups is 1. The topological polar surface area (TPSA) is 71.3 Å². The van der Waals surface area contributed by atoms with Crippen molar-refractivity contribution >= 4 is 22.9 Å². The summed E-state index contributed by atoms with van der Waals surface area (Å²) in [6.45, 7) is 7.50. The number of nitrogens with zero attached hydrogens (tertiary/aromatic N) is 3. The summed E-state index contributed by atoms with van der Waals surface area (Å²) in [5, 5.41) is 14.8. The van der Waals surface area contributed by atoms with Gasteiger partial charge < -0.3 is 10.2 Å². The highest BCUT2D eigenvalue weighted by molar-refractivity contribution is 5.77. The van der Waals surface area contributed by atoms with Crippen LogP contribution < -0.4 is 10.2 Å². The molecule has 0 fully saturated rings. The van der Waals surface area contributed by atoms with E-state index in [1.807, 2.05) is 49.1 Å². The fourth-order valence-electron chi connectivity index (χ4n) is 2.61. The van der Waals surface area contributed by atoms with Crippen LogP contribution in [-0.4, -0.2) is 23.0 Å². The predicted octanol–water partition coefficient (Wildman–Crippen LogP) is 4.67. The molecule has 1 heterocycles. The standard InChI is InChI=1S/C18H24N4O2/c1-4-6-12-21(5-2)16-13-14(3)19-18(17(16)22(23)24)20-15-10-8-7-9-11-15/h7-11,13H,4-6,12H2,1-3H3,(H,19,20). The Hall–Kier alpha value is -2.63. The third-order valence-corrected chi connectivity index (χ3v) is 3.82. The molecule has 0 aliphatic rings. The lowest BCUT2D eigenvalue weighted by molar-refractivity contribution is -0.383. The van der Waals surface area contributed by atoms with Crippen molar-refractivity contribution in [2.24, 2.45) is 0 Å². The molecule has 0 aliphatic heterocycles. The normalized spacial score (nSPS) is 10.5. The Bertz CT molecular complexity index is 689. The van der Waals surface area contributed by atoms with Gasteiger partial charge in [-0.1, -0.05) is 31.5 Å². The molecule has 0 amide bonds. The zero-order valence-corrected chi connectivity index (χ0v) is 14.5. The van der Waals surface area contributed by atoms with Crippen LogP contribution >= 0.6 is 0 Å². The van der Waals surface area contributed by atoms with E-state index in [0.717, 1.165) is 37.3 Å². The molecule has 1 N–H and O–H groups in total. The third kappa shape index (κ3) is 4.22. The Labute approximate surface area is 142 Å². The van der Waals surface area contributed by atoms with Gasteiger partial charge in [-0.3, -0.25) is 10.1 Å². The van der Waals surface area contributed by atoms with Crippen LogP contribution in [0.15, 0.2) is 36.4 Å². The number of aromatic nitrogens is 1. The summed E-state index contributed by atoms with van der Waals surface area (Å²) in [6.07, 6.45) is 2.04. The highest BCUT2D eigenvalue weighted by atomic mass is 16.6. The third-order valence-electron chi connectivity index (χ3n) is 3.82. The molecule has 0 spiro atoms. The van der Waals surface area contributed by atoms with Crippen LogP contribution in [0.2, 0.25) is 0 Å². The van der Waals surface area contributed by atoms with E-state index >= 15 is 0 Å². The molecule has 0 unspecified atom stereocenters. The Morgan fingerprint density at radius 1 is 1.25 bits per heavy atom. The van der Waals surface area contributed by atoms with E-state index < -0.39 is 0 Å². The molecular weight excluding hydrogens is 304 g/mol. The number of unbranched alkanes of at least 4 members (excludes halogenated alkanes) is 1. The lowest BCUT2D eigenvalue weighted by Crippen LogP contribution is -2.25. The van der Waals surface area contributed by atoms with Gasteiger partial charge in [-0.2, -0.15) is 0 Å². The van der Waals surface area contributed by atoms with Gasteiger partial charge in [0.2, 0.25) is 5.82 Å². The number of rotatable bonds is 8. The van der Waals surface area contributed by atoms with Crippen LogP contribution in [0.25, 0.3) is 0 Å². The molecule has 0 bridgehead atoms. The summed E-state index contributed by atoms with van der Waals surface area (Å²) in [5.74, 6) is 0.288. The van der Waals surface area contributed by atoms with Gasteiger partial charge in [0.05, 0.1) is 4.92 Å². The van der Waals surface area contributed by atoms with E-state index in [2.05, 4.69) is 17.2 Å². The first-order valence-electron chi connectivity index (χ1n) is 8.29. The van der Waals surface area contributed by atoms with Crippen molar-refractivity contribution in [3.8, 4) is 0 Å². The zero-order valence-electron chi connectivity index (χ0n) is 14.5. The van der Waals surface area contributed by atoms with Gasteiger partial charge in [-0.05, 0) is 38.5 Å². The van der Waals surface area contributed by atoms with Crippen molar-refractivity contribution < 1.29 is 4.92 Å². The molecular formula is C18H24N4O2. The molecule has 128 valence electrons. The molecule has 0 radical (unpaired) electrons. The second kappa shape index (κ2) is 8.29. The lowest BCUT2D eigenvalue weighted by atomic mass is 10.2. The number of benzene rings is 1. The minimum Gasteiger partial charge on any atom is -0.366 e. The molecule has 6 nitrogen and oxygen atoms in total. The molecule has 1 aromatic carbocycles. The highest BCUT2D eigenvalue weighted by Gasteiger charge is 2.25. The monoisotopic (exact) mass is 328 g/mol. The fourth-order valence-corrected chi connectivity index (χ4v) is 2.61. The first kappa shape index (κ1) is 17.7. The lowest BCUT2D eigenvalue weighted by Gasteiger charge is -2.23. The van der Waals surface area contributed by atoms with Crippen LogP contribution in [0.3, 0.4) is 0 Å². The van der Waals surface area contributed by atoms with E-state index in [-0.39, 0.29) is 16.4 Å². The molecule has 1 aromatic heterocycles. The smallest absolute Gasteiger partial charge is 0.334 e. The van der Waals surface area contributed by atoms with Gasteiger partial charge in [0.25, 0.3) is 0 Å². The number of hydrogen-bond acceptors (Lipinski definition) is 5. The largest absolute Gasteiger partial charge is 0.366 e. The maximum absolute atomic E-state index is 11.7. The predicted molar refractivity (Wildman–Crippen MR) is 98.1 cm³/mol. The van der Waals surface area contributed by atoms with Crippen LogP contribution in [0.5, 0.6) is 0 Å². The minimum atomic E-state index is -0.346. The maximum Gasteiger partial charge on any atom is 0.334 e. The zero-order chi connectivity index (χ0) is 17.5. The highest BCUT2D eigenvalue weighted by Crippen LogP contribution is 2.36. The van der Waals surface area contributed by atoms with Crippen LogP contribution in [0.1, 0.15) is 32.4 Å². The first-order chi connectivity index (χ1) is 11.6. The molecule has 6 heteroatoms. The van der Waals surface area contributed by atoms with Gasteiger partial charge in [0.15, 0.2) is 0 Å². The van der Waals surface area contributed by atoms with Crippen LogP contribution in [0.4, 0.5) is 22.9 Å². The molecule has 0 saturated carbocycles. The van der Waals surface area contributed by atoms with Crippen LogP contribution in [-0.2, 0) is 0 Å². The summed E-state index contributed by atoms with van der Waals surface area (Å²) >= 11 is 0. The number of nitrogens with one attached hydrogen (secondary N) is 1. The maximum atomic E-state index is 11.7. The number of pyridine rings is 1. The summed E-state index contributed by atoms with van der Waals surface area (Å²) < 4.78 is 0. The molecule has 2 rings (SSSR count). The van der Waals surface area contributed by atoms with E-state index in [1.54, 1.807) is 6.07 Å². The first-order valence-corrected chi connectivity index (χ1v) is 8.29. The van der Waals surface area contributed by atoms with Crippen LogP contribution in [0, 0.1) is 17.0 Å². The van der Waals surface area contributed by atoms with E-state index in [9.17, 15) is 10.1 Å². The Morgan fingerprint density at radius 2 is 1.96 bits per heavy atom. The van der Waals surface area contributed by atoms with E-state index in [1.165, 1.54) is 0 Å². The number of para-hydroxylation sites is 1. The van der Waals surface area contributed by atoms with Crippen molar-refractivity contribution in [3.63, 3.8) is 0 Å². The second-order valence-electron chi connectivity index (χ2n) is 5.66. The van der Waals surface area contributed by atoms with Crippen molar-refractivity contribution in [1.82, 2.24) is 4.98 Å².